The van der Waals surface area contributed by atoms with E-state index < -0.39 is 0 Å². The van der Waals surface area contributed by atoms with Crippen molar-refractivity contribution < 1.29 is 9.47 Å². The molecule has 8 heteroatoms. The summed E-state index contributed by atoms with van der Waals surface area (Å²) in [6, 6.07) is 0. The Bertz CT molecular complexity index is 699. The Kier molecular flexibility index (Phi) is 2.89. The molecule has 1 atom stereocenters. The summed E-state index contributed by atoms with van der Waals surface area (Å²) < 4.78 is 13.5. The number of rotatable bonds is 2. The number of quaternary nitrogens is 1. The van der Waals surface area contributed by atoms with Gasteiger partial charge in [0.25, 0.3) is 0 Å². The maximum Gasteiger partial charge on any atom is 0.332 e. The molecule has 1 unspecified atom stereocenters. The predicted octanol–water partition coefficient (Wildman–Crippen LogP) is -0.933. The van der Waals surface area contributed by atoms with Gasteiger partial charge in [-0.1, -0.05) is 0 Å². The first kappa shape index (κ1) is 13.2. The van der Waals surface area contributed by atoms with Crippen LogP contribution in [0, 0.1) is 0 Å². The van der Waals surface area contributed by atoms with E-state index in [1.54, 1.807) is 13.4 Å². The quantitative estimate of drug-likeness (QED) is 0.656. The third kappa shape index (κ3) is 1.76. The van der Waals surface area contributed by atoms with Gasteiger partial charge in [0.15, 0.2) is 6.34 Å². The maximum atomic E-state index is 12.4. The third-order valence-corrected chi connectivity index (χ3v) is 3.78. The monoisotopic (exact) mass is 281 g/mol. The van der Waals surface area contributed by atoms with E-state index >= 15 is 0 Å². The molecule has 1 aromatic heterocycles. The van der Waals surface area contributed by atoms with Crippen LogP contribution in [0.25, 0.3) is 0 Å². The van der Waals surface area contributed by atoms with Crippen molar-refractivity contribution in [2.24, 2.45) is 19.1 Å². The summed E-state index contributed by atoms with van der Waals surface area (Å²) in [5, 5.41) is 0. The molecule has 2 aliphatic heterocycles. The van der Waals surface area contributed by atoms with Gasteiger partial charge >= 0.3 is 11.2 Å². The highest BCUT2D eigenvalue weighted by atomic mass is 16.7. The number of ether oxygens (including phenoxy) is 2. The second-order valence-corrected chi connectivity index (χ2v) is 5.24. The van der Waals surface area contributed by atoms with Crippen molar-refractivity contribution in [2.45, 2.75) is 6.29 Å². The molecule has 1 aromatic rings. The first-order chi connectivity index (χ1) is 9.44. The number of hydrogen-bond donors (Lipinski definition) is 0. The van der Waals surface area contributed by atoms with Crippen LogP contribution < -0.4 is 15.7 Å². The molecular formula is C12H17N4O4+. The Labute approximate surface area is 115 Å². The largest absolute Gasteiger partial charge is 0.345 e. The fourth-order valence-corrected chi connectivity index (χ4v) is 2.61. The molecular weight excluding hydrogens is 264 g/mol. The van der Waals surface area contributed by atoms with Crippen molar-refractivity contribution in [1.82, 2.24) is 13.6 Å². The second kappa shape index (κ2) is 4.37. The van der Waals surface area contributed by atoms with E-state index in [1.165, 1.54) is 11.6 Å². The molecule has 0 N–H and O–H groups in total. The van der Waals surface area contributed by atoms with E-state index in [4.69, 9.17) is 9.47 Å². The minimum Gasteiger partial charge on any atom is -0.345 e. The normalized spacial score (nSPS) is 25.4. The maximum absolute atomic E-state index is 12.4. The lowest BCUT2D eigenvalue weighted by molar-refractivity contribution is -0.0482. The number of hydrogen-bond acceptors (Lipinski definition) is 5. The van der Waals surface area contributed by atoms with E-state index in [0.29, 0.717) is 31.3 Å². The summed E-state index contributed by atoms with van der Waals surface area (Å²) in [5.74, 6) is 0.401. The minimum atomic E-state index is -0.382. The van der Waals surface area contributed by atoms with Crippen LogP contribution in [0.15, 0.2) is 14.6 Å². The van der Waals surface area contributed by atoms with Crippen LogP contribution >= 0.6 is 0 Å². The van der Waals surface area contributed by atoms with Crippen LogP contribution in [0.1, 0.15) is 0 Å². The van der Waals surface area contributed by atoms with E-state index in [2.05, 4.69) is 4.99 Å². The lowest BCUT2D eigenvalue weighted by atomic mass is 10.3. The first-order valence-electron chi connectivity index (χ1n) is 6.38. The molecule has 0 aliphatic carbocycles. The lowest BCUT2D eigenvalue weighted by Crippen LogP contribution is -2.52. The highest BCUT2D eigenvalue weighted by Crippen LogP contribution is 2.32. The van der Waals surface area contributed by atoms with E-state index in [9.17, 15) is 9.59 Å². The van der Waals surface area contributed by atoms with Crippen molar-refractivity contribution >= 4 is 17.8 Å². The Morgan fingerprint density at radius 2 is 1.95 bits per heavy atom. The van der Waals surface area contributed by atoms with Gasteiger partial charge in [0, 0.05) is 14.1 Å². The zero-order valence-corrected chi connectivity index (χ0v) is 11.7. The number of likely N-dealkylation sites (N-methyl/N-ethyl adjacent to an activating group) is 1. The Hall–Kier alpha value is -1.77. The Balaban J connectivity index is 2.11. The van der Waals surface area contributed by atoms with Crippen molar-refractivity contribution in [3.8, 4) is 0 Å². The molecule has 20 heavy (non-hydrogen) atoms. The fraction of sp³-hybridized carbons (Fsp3) is 0.583. The summed E-state index contributed by atoms with van der Waals surface area (Å²) >= 11 is 0. The SMILES string of the molecule is Cn1c2c(c(=O)n(C)c1=O)[N+](C)(CC1OCCO1)C=N2. The molecule has 8 nitrogen and oxygen atoms in total. The molecule has 0 saturated carbocycles. The number of nitrogens with zero attached hydrogens (tertiary/aromatic N) is 4. The van der Waals surface area contributed by atoms with Crippen LogP contribution in [0.4, 0.5) is 11.5 Å². The van der Waals surface area contributed by atoms with Crippen molar-refractivity contribution in [1.29, 1.82) is 0 Å². The second-order valence-electron chi connectivity index (χ2n) is 5.24. The average molecular weight is 281 g/mol. The lowest BCUT2D eigenvalue weighted by Gasteiger charge is -2.27. The molecule has 0 spiro atoms. The highest BCUT2D eigenvalue weighted by molar-refractivity contribution is 5.86. The topological polar surface area (TPSA) is 74.8 Å². The van der Waals surface area contributed by atoms with Gasteiger partial charge in [-0.05, 0) is 0 Å². The molecule has 2 aliphatic rings. The molecule has 3 heterocycles. The van der Waals surface area contributed by atoms with Crippen molar-refractivity contribution in [3.63, 3.8) is 0 Å². The zero-order valence-electron chi connectivity index (χ0n) is 11.7. The molecule has 0 aromatic carbocycles. The highest BCUT2D eigenvalue weighted by Gasteiger charge is 2.41. The zero-order chi connectivity index (χ0) is 14.5. The molecule has 0 amide bonds. The van der Waals surface area contributed by atoms with Gasteiger partial charge in [0.05, 0.1) is 20.3 Å². The van der Waals surface area contributed by atoms with Gasteiger partial charge < -0.3 is 9.47 Å². The standard InChI is InChI=1S/C12H17N4O4/c1-14-10-9(11(17)15(2)12(14)18)16(3,7-13-10)6-8-19-4-5-20-8/h7-8H,4-6H2,1-3H3/q+1. The van der Waals surface area contributed by atoms with Gasteiger partial charge in [-0.2, -0.15) is 4.99 Å². The van der Waals surface area contributed by atoms with E-state index in [1.807, 2.05) is 7.05 Å². The minimum absolute atomic E-state index is 0.167. The van der Waals surface area contributed by atoms with Gasteiger partial charge in [0.2, 0.25) is 17.8 Å². The first-order valence-corrected chi connectivity index (χ1v) is 6.38. The van der Waals surface area contributed by atoms with Gasteiger partial charge in [-0.25, -0.2) is 9.28 Å². The van der Waals surface area contributed by atoms with Gasteiger partial charge in [-0.3, -0.25) is 13.9 Å². The summed E-state index contributed by atoms with van der Waals surface area (Å²) in [4.78, 5) is 28.5. The summed E-state index contributed by atoms with van der Waals surface area (Å²) in [6.45, 7) is 1.56. The summed E-state index contributed by atoms with van der Waals surface area (Å²) in [6.07, 6.45) is 1.29. The average Bonchev–Trinajstić information content (AvgIpc) is 3.02. The Morgan fingerprint density at radius 3 is 2.60 bits per heavy atom. The van der Waals surface area contributed by atoms with Gasteiger partial charge in [0.1, 0.15) is 6.54 Å². The molecule has 0 bridgehead atoms. The predicted molar refractivity (Wildman–Crippen MR) is 73.4 cm³/mol. The van der Waals surface area contributed by atoms with Crippen LogP contribution in [-0.4, -0.2) is 48.6 Å². The van der Waals surface area contributed by atoms with Crippen LogP contribution in [0.3, 0.4) is 0 Å². The van der Waals surface area contributed by atoms with E-state index in [-0.39, 0.29) is 22.0 Å². The fourth-order valence-electron chi connectivity index (χ4n) is 2.61. The molecule has 1 saturated heterocycles. The Morgan fingerprint density at radius 1 is 1.30 bits per heavy atom. The molecule has 0 radical (unpaired) electrons. The number of aliphatic imine (C=N–C) groups is 1. The van der Waals surface area contributed by atoms with Crippen molar-refractivity contribution in [2.75, 3.05) is 26.8 Å². The third-order valence-electron chi connectivity index (χ3n) is 3.78. The smallest absolute Gasteiger partial charge is 0.332 e. The number of fused-ring (bicyclic) bond motifs is 1. The number of aromatic nitrogens is 2. The van der Waals surface area contributed by atoms with Crippen molar-refractivity contribution in [3.05, 3.63) is 20.8 Å². The molecule has 3 rings (SSSR count). The summed E-state index contributed by atoms with van der Waals surface area (Å²) in [5.41, 5.74) is -0.248. The van der Waals surface area contributed by atoms with Crippen LogP contribution in [0.2, 0.25) is 0 Å². The van der Waals surface area contributed by atoms with Crippen LogP contribution in [-0.2, 0) is 23.6 Å². The molecule has 108 valence electrons. The molecule has 1 fully saturated rings. The van der Waals surface area contributed by atoms with E-state index in [0.717, 1.165) is 4.57 Å². The van der Waals surface area contributed by atoms with Crippen LogP contribution in [0.5, 0.6) is 0 Å². The van der Waals surface area contributed by atoms with Gasteiger partial charge in [-0.15, -0.1) is 0 Å². The summed E-state index contributed by atoms with van der Waals surface area (Å²) in [7, 11) is 4.93.